The topological polar surface area (TPSA) is 43.4 Å². The van der Waals surface area contributed by atoms with Gasteiger partial charge in [-0.25, -0.2) is 0 Å². The van der Waals surface area contributed by atoms with E-state index < -0.39 is 0 Å². The van der Waals surface area contributed by atoms with Crippen molar-refractivity contribution in [2.45, 2.75) is 25.5 Å². The molecular weight excluding hydrogens is 248 g/mol. The van der Waals surface area contributed by atoms with Crippen LogP contribution in [-0.4, -0.2) is 24.1 Å². The van der Waals surface area contributed by atoms with Crippen LogP contribution in [0.1, 0.15) is 25.3 Å². The fourth-order valence-electron chi connectivity index (χ4n) is 1.33. The highest BCUT2D eigenvalue weighted by Gasteiger charge is 2.04. The Labute approximate surface area is 112 Å². The Balaban J connectivity index is 2.02. The summed E-state index contributed by atoms with van der Waals surface area (Å²) in [6.07, 6.45) is 0.467. The molecule has 0 aromatic heterocycles. The number of thioether (sulfide) groups is 1. The number of ketones is 1. The maximum absolute atomic E-state index is 11.2. The maximum Gasteiger partial charge on any atom is 0.306 e. The van der Waals surface area contributed by atoms with Crippen LogP contribution in [0.2, 0.25) is 0 Å². The molecule has 0 atom stereocenters. The van der Waals surface area contributed by atoms with Gasteiger partial charge >= 0.3 is 5.97 Å². The second-order valence-electron chi connectivity index (χ2n) is 3.96. The van der Waals surface area contributed by atoms with Gasteiger partial charge in [-0.2, -0.15) is 11.8 Å². The molecule has 3 nitrogen and oxygen atoms in total. The summed E-state index contributed by atoms with van der Waals surface area (Å²) in [7, 11) is 0. The van der Waals surface area contributed by atoms with Gasteiger partial charge in [0.15, 0.2) is 0 Å². The van der Waals surface area contributed by atoms with E-state index in [0.717, 1.165) is 11.5 Å². The summed E-state index contributed by atoms with van der Waals surface area (Å²) in [5.74, 6) is 1.43. The Morgan fingerprint density at radius 2 is 1.89 bits per heavy atom. The lowest BCUT2D eigenvalue weighted by Crippen LogP contribution is -2.08. The smallest absolute Gasteiger partial charge is 0.306 e. The SMILES string of the molecule is CC(=O)CCC(=O)OCCSCc1ccccc1. The first-order chi connectivity index (χ1) is 8.68. The number of Topliss-reactive ketones (excluding diaryl/α,β-unsaturated/α-hetero) is 1. The van der Waals surface area contributed by atoms with Crippen molar-refractivity contribution in [2.24, 2.45) is 0 Å². The lowest BCUT2D eigenvalue weighted by molar-refractivity contribution is -0.144. The van der Waals surface area contributed by atoms with Gasteiger partial charge in [0.1, 0.15) is 12.4 Å². The predicted octanol–water partition coefficient (Wildman–Crippen LogP) is 2.83. The molecule has 0 spiro atoms. The van der Waals surface area contributed by atoms with Crippen molar-refractivity contribution in [1.82, 2.24) is 0 Å². The van der Waals surface area contributed by atoms with Crippen LogP contribution >= 0.6 is 11.8 Å². The van der Waals surface area contributed by atoms with Crippen LogP contribution in [0.15, 0.2) is 30.3 Å². The second kappa shape index (κ2) is 8.75. The molecule has 1 aromatic carbocycles. The Morgan fingerprint density at radius 1 is 1.17 bits per heavy atom. The average molecular weight is 266 g/mol. The standard InChI is InChI=1S/C14H18O3S/c1-12(15)7-8-14(16)17-9-10-18-11-13-5-3-2-4-6-13/h2-6H,7-11H2,1H3. The van der Waals surface area contributed by atoms with Gasteiger partial charge < -0.3 is 9.53 Å². The molecular formula is C14H18O3S. The van der Waals surface area contributed by atoms with E-state index in [4.69, 9.17) is 4.74 Å². The van der Waals surface area contributed by atoms with Gasteiger partial charge in [0, 0.05) is 17.9 Å². The molecule has 0 amide bonds. The van der Waals surface area contributed by atoms with Gasteiger partial charge in [-0.15, -0.1) is 0 Å². The zero-order valence-electron chi connectivity index (χ0n) is 10.6. The molecule has 0 radical (unpaired) electrons. The van der Waals surface area contributed by atoms with E-state index in [1.165, 1.54) is 12.5 Å². The van der Waals surface area contributed by atoms with Crippen molar-refractivity contribution in [2.75, 3.05) is 12.4 Å². The molecule has 0 saturated carbocycles. The molecule has 98 valence electrons. The summed E-state index contributed by atoms with van der Waals surface area (Å²) in [6, 6.07) is 10.2. The van der Waals surface area contributed by atoms with Crippen LogP contribution in [0.25, 0.3) is 0 Å². The fraction of sp³-hybridized carbons (Fsp3) is 0.429. The summed E-state index contributed by atoms with van der Waals surface area (Å²) < 4.78 is 5.02. The van der Waals surface area contributed by atoms with Crippen LogP contribution in [-0.2, 0) is 20.1 Å². The lowest BCUT2D eigenvalue weighted by atomic mass is 10.2. The Bertz CT molecular complexity index is 376. The Kier molecular flexibility index (Phi) is 7.18. The number of hydrogen-bond acceptors (Lipinski definition) is 4. The minimum Gasteiger partial charge on any atom is -0.465 e. The summed E-state index contributed by atoms with van der Waals surface area (Å²) in [4.78, 5) is 21.9. The first-order valence-corrected chi connectivity index (χ1v) is 7.10. The summed E-state index contributed by atoms with van der Waals surface area (Å²) in [5, 5.41) is 0. The quantitative estimate of drug-likeness (QED) is 0.536. The van der Waals surface area contributed by atoms with Gasteiger partial charge in [0.05, 0.1) is 6.42 Å². The van der Waals surface area contributed by atoms with E-state index in [1.54, 1.807) is 11.8 Å². The Hall–Kier alpha value is -1.29. The zero-order valence-corrected chi connectivity index (χ0v) is 11.4. The molecule has 0 unspecified atom stereocenters. The highest BCUT2D eigenvalue weighted by molar-refractivity contribution is 7.98. The summed E-state index contributed by atoms with van der Waals surface area (Å²) in [5.41, 5.74) is 1.27. The molecule has 0 aliphatic heterocycles. The van der Waals surface area contributed by atoms with E-state index in [-0.39, 0.29) is 24.6 Å². The van der Waals surface area contributed by atoms with Gasteiger partial charge in [-0.05, 0) is 12.5 Å². The molecule has 0 saturated heterocycles. The molecule has 0 heterocycles. The second-order valence-corrected chi connectivity index (χ2v) is 5.07. The first-order valence-electron chi connectivity index (χ1n) is 5.95. The van der Waals surface area contributed by atoms with E-state index in [1.807, 2.05) is 18.2 Å². The van der Waals surface area contributed by atoms with Gasteiger partial charge in [0.2, 0.25) is 0 Å². The molecule has 0 N–H and O–H groups in total. The molecule has 1 rings (SSSR count). The molecule has 0 aliphatic carbocycles. The van der Waals surface area contributed by atoms with Crippen LogP contribution < -0.4 is 0 Å². The molecule has 0 fully saturated rings. The largest absolute Gasteiger partial charge is 0.465 e. The summed E-state index contributed by atoms with van der Waals surface area (Å²) >= 11 is 1.73. The van der Waals surface area contributed by atoms with Crippen molar-refractivity contribution in [1.29, 1.82) is 0 Å². The number of benzene rings is 1. The molecule has 18 heavy (non-hydrogen) atoms. The third kappa shape index (κ3) is 7.12. The number of carbonyl (C=O) groups is 2. The van der Waals surface area contributed by atoms with Crippen molar-refractivity contribution in [3.05, 3.63) is 35.9 Å². The fourth-order valence-corrected chi connectivity index (χ4v) is 2.10. The van der Waals surface area contributed by atoms with Crippen LogP contribution in [0.3, 0.4) is 0 Å². The monoisotopic (exact) mass is 266 g/mol. The third-order valence-electron chi connectivity index (χ3n) is 2.28. The minimum absolute atomic E-state index is 0.0189. The lowest BCUT2D eigenvalue weighted by Gasteiger charge is -2.04. The number of hydrogen-bond donors (Lipinski definition) is 0. The molecule has 0 aliphatic rings. The van der Waals surface area contributed by atoms with Crippen LogP contribution in [0, 0.1) is 0 Å². The zero-order chi connectivity index (χ0) is 13.2. The molecule has 1 aromatic rings. The number of esters is 1. The van der Waals surface area contributed by atoms with Gasteiger partial charge in [-0.3, -0.25) is 4.79 Å². The van der Waals surface area contributed by atoms with Gasteiger partial charge in [-0.1, -0.05) is 30.3 Å². The molecule has 0 bridgehead atoms. The highest BCUT2D eigenvalue weighted by atomic mass is 32.2. The maximum atomic E-state index is 11.2. The normalized spacial score (nSPS) is 10.1. The Morgan fingerprint density at radius 3 is 2.56 bits per heavy atom. The van der Waals surface area contributed by atoms with Crippen molar-refractivity contribution in [3.63, 3.8) is 0 Å². The van der Waals surface area contributed by atoms with E-state index in [9.17, 15) is 9.59 Å². The number of carbonyl (C=O) groups excluding carboxylic acids is 2. The molecule has 4 heteroatoms. The number of ether oxygens (including phenoxy) is 1. The van der Waals surface area contributed by atoms with Crippen molar-refractivity contribution < 1.29 is 14.3 Å². The van der Waals surface area contributed by atoms with Crippen LogP contribution in [0.5, 0.6) is 0 Å². The van der Waals surface area contributed by atoms with E-state index in [2.05, 4.69) is 12.1 Å². The van der Waals surface area contributed by atoms with E-state index in [0.29, 0.717) is 6.61 Å². The summed E-state index contributed by atoms with van der Waals surface area (Å²) in [6.45, 7) is 1.89. The van der Waals surface area contributed by atoms with Crippen molar-refractivity contribution in [3.8, 4) is 0 Å². The van der Waals surface area contributed by atoms with E-state index >= 15 is 0 Å². The average Bonchev–Trinajstić information content (AvgIpc) is 2.37. The number of rotatable bonds is 8. The van der Waals surface area contributed by atoms with Crippen molar-refractivity contribution >= 4 is 23.5 Å². The first kappa shape index (κ1) is 14.8. The minimum atomic E-state index is -0.287. The van der Waals surface area contributed by atoms with Gasteiger partial charge in [0.25, 0.3) is 0 Å². The van der Waals surface area contributed by atoms with Crippen LogP contribution in [0.4, 0.5) is 0 Å². The third-order valence-corrected chi connectivity index (χ3v) is 3.28. The highest BCUT2D eigenvalue weighted by Crippen LogP contribution is 2.11. The predicted molar refractivity (Wildman–Crippen MR) is 73.5 cm³/mol.